The van der Waals surface area contributed by atoms with E-state index in [1.54, 1.807) is 19.9 Å². The molecule has 1 aliphatic heterocycles. The maximum absolute atomic E-state index is 13.0. The number of amides is 2. The first kappa shape index (κ1) is 25.7. The first-order valence-electron chi connectivity index (χ1n) is 11.6. The van der Waals surface area contributed by atoms with Crippen LogP contribution in [0.5, 0.6) is 5.75 Å². The standard InChI is InChI=1S/C25H33N3O5S/c1-5-28(6-2)34(31,32)20-12-13-23(33-17(3)4)22(16-20)26-24(29)14-11-19-15-18-9-7-8-10-21(18)27-25(19)30/h7-10,12-13,16-17,19H,5-6,11,14-15H2,1-4H3,(H,26,29)(H,27,30). The van der Waals surface area contributed by atoms with Crippen LogP contribution >= 0.6 is 0 Å². The second kappa shape index (κ2) is 11.0. The average molecular weight is 488 g/mol. The molecule has 184 valence electrons. The highest BCUT2D eigenvalue weighted by atomic mass is 32.2. The van der Waals surface area contributed by atoms with Crippen LogP contribution in [0.4, 0.5) is 11.4 Å². The smallest absolute Gasteiger partial charge is 0.243 e. The summed E-state index contributed by atoms with van der Waals surface area (Å²) in [6.45, 7) is 7.95. The van der Waals surface area contributed by atoms with Gasteiger partial charge in [-0.3, -0.25) is 9.59 Å². The Hall–Kier alpha value is -2.91. The largest absolute Gasteiger partial charge is 0.489 e. The van der Waals surface area contributed by atoms with Crippen molar-refractivity contribution in [2.45, 2.75) is 58.0 Å². The zero-order valence-electron chi connectivity index (χ0n) is 20.1. The van der Waals surface area contributed by atoms with E-state index >= 15 is 0 Å². The molecule has 0 saturated heterocycles. The number of fused-ring (bicyclic) bond motifs is 1. The lowest BCUT2D eigenvalue weighted by Crippen LogP contribution is -2.31. The molecule has 8 nitrogen and oxygen atoms in total. The molecular formula is C25H33N3O5S. The number of anilines is 2. The second-order valence-electron chi connectivity index (χ2n) is 8.55. The van der Waals surface area contributed by atoms with Gasteiger partial charge in [0, 0.05) is 31.1 Å². The van der Waals surface area contributed by atoms with Gasteiger partial charge in [0.25, 0.3) is 0 Å². The lowest BCUT2D eigenvalue weighted by Gasteiger charge is -2.24. The maximum Gasteiger partial charge on any atom is 0.243 e. The van der Waals surface area contributed by atoms with Gasteiger partial charge in [0.05, 0.1) is 16.7 Å². The molecule has 1 heterocycles. The van der Waals surface area contributed by atoms with Crippen LogP contribution in [0, 0.1) is 5.92 Å². The van der Waals surface area contributed by atoms with Crippen molar-refractivity contribution in [3.8, 4) is 5.75 Å². The summed E-state index contributed by atoms with van der Waals surface area (Å²) in [5.41, 5.74) is 2.16. The first-order chi connectivity index (χ1) is 16.1. The summed E-state index contributed by atoms with van der Waals surface area (Å²) in [4.78, 5) is 25.3. The molecule has 0 aromatic heterocycles. The minimum atomic E-state index is -3.70. The highest BCUT2D eigenvalue weighted by Crippen LogP contribution is 2.31. The van der Waals surface area contributed by atoms with Crippen LogP contribution in [0.15, 0.2) is 47.4 Å². The van der Waals surface area contributed by atoms with Gasteiger partial charge in [-0.25, -0.2) is 8.42 Å². The van der Waals surface area contributed by atoms with E-state index in [0.717, 1.165) is 11.3 Å². The van der Waals surface area contributed by atoms with Gasteiger partial charge in [0.2, 0.25) is 21.8 Å². The Labute approximate surface area is 201 Å². The van der Waals surface area contributed by atoms with Crippen molar-refractivity contribution in [2.24, 2.45) is 5.92 Å². The summed E-state index contributed by atoms with van der Waals surface area (Å²) < 4.78 is 33.1. The molecule has 0 bridgehead atoms. The lowest BCUT2D eigenvalue weighted by atomic mass is 9.89. The van der Waals surface area contributed by atoms with Crippen LogP contribution in [-0.4, -0.2) is 43.7 Å². The van der Waals surface area contributed by atoms with Crippen molar-refractivity contribution < 1.29 is 22.7 Å². The third-order valence-corrected chi connectivity index (χ3v) is 7.81. The fourth-order valence-corrected chi connectivity index (χ4v) is 5.49. The van der Waals surface area contributed by atoms with Gasteiger partial charge < -0.3 is 15.4 Å². The summed E-state index contributed by atoms with van der Waals surface area (Å²) in [7, 11) is -3.70. The molecular weight excluding hydrogens is 454 g/mol. The lowest BCUT2D eigenvalue weighted by molar-refractivity contribution is -0.121. The third kappa shape index (κ3) is 5.95. The number of carbonyl (C=O) groups excluding carboxylic acids is 2. The second-order valence-corrected chi connectivity index (χ2v) is 10.5. The number of nitrogens with one attached hydrogen (secondary N) is 2. The van der Waals surface area contributed by atoms with Crippen LogP contribution in [0.3, 0.4) is 0 Å². The Morgan fingerprint density at radius 3 is 2.56 bits per heavy atom. The van der Waals surface area contributed by atoms with E-state index in [9.17, 15) is 18.0 Å². The highest BCUT2D eigenvalue weighted by molar-refractivity contribution is 7.89. The topological polar surface area (TPSA) is 105 Å². The minimum absolute atomic E-state index is 0.0888. The van der Waals surface area contributed by atoms with Gasteiger partial charge in [-0.15, -0.1) is 0 Å². The number of hydrogen-bond acceptors (Lipinski definition) is 5. The number of hydrogen-bond donors (Lipinski definition) is 2. The van der Waals surface area contributed by atoms with Crippen LogP contribution in [-0.2, 0) is 26.0 Å². The molecule has 1 aliphatic rings. The molecule has 0 saturated carbocycles. The quantitative estimate of drug-likeness (QED) is 0.526. The number of nitrogens with zero attached hydrogens (tertiary/aromatic N) is 1. The molecule has 34 heavy (non-hydrogen) atoms. The normalized spacial score (nSPS) is 15.7. The van der Waals surface area contributed by atoms with Crippen LogP contribution in [0.25, 0.3) is 0 Å². The van der Waals surface area contributed by atoms with Gasteiger partial charge in [-0.05, 0) is 56.5 Å². The summed E-state index contributed by atoms with van der Waals surface area (Å²) in [5, 5.41) is 5.70. The van der Waals surface area contributed by atoms with Crippen molar-refractivity contribution in [3.63, 3.8) is 0 Å². The molecule has 0 radical (unpaired) electrons. The van der Waals surface area contributed by atoms with E-state index in [4.69, 9.17) is 4.74 Å². The summed E-state index contributed by atoms with van der Waals surface area (Å²) >= 11 is 0. The zero-order valence-corrected chi connectivity index (χ0v) is 20.9. The third-order valence-electron chi connectivity index (χ3n) is 5.76. The Kier molecular flexibility index (Phi) is 8.33. The van der Waals surface area contributed by atoms with Crippen LogP contribution in [0.2, 0.25) is 0 Å². The van der Waals surface area contributed by atoms with E-state index in [2.05, 4.69) is 10.6 Å². The van der Waals surface area contributed by atoms with Crippen LogP contribution in [0.1, 0.15) is 46.1 Å². The van der Waals surface area contributed by atoms with E-state index in [0.29, 0.717) is 37.4 Å². The molecule has 0 spiro atoms. The number of sulfonamides is 1. The summed E-state index contributed by atoms with van der Waals surface area (Å²) in [5.74, 6) is -0.312. The Bertz CT molecular complexity index is 1140. The number of para-hydroxylation sites is 1. The number of carbonyl (C=O) groups is 2. The Morgan fingerprint density at radius 1 is 1.18 bits per heavy atom. The minimum Gasteiger partial charge on any atom is -0.489 e. The first-order valence-corrected chi connectivity index (χ1v) is 13.1. The van der Waals surface area contributed by atoms with Gasteiger partial charge in [0.15, 0.2) is 0 Å². The SMILES string of the molecule is CCN(CC)S(=O)(=O)c1ccc(OC(C)C)c(NC(=O)CCC2Cc3ccccc3NC2=O)c1. The molecule has 2 N–H and O–H groups in total. The number of rotatable bonds is 10. The fraction of sp³-hybridized carbons (Fsp3) is 0.440. The molecule has 0 aliphatic carbocycles. The number of benzene rings is 2. The molecule has 9 heteroatoms. The molecule has 1 atom stereocenters. The van der Waals surface area contributed by atoms with E-state index in [-0.39, 0.29) is 35.2 Å². The van der Waals surface area contributed by atoms with Crippen molar-refractivity contribution in [1.29, 1.82) is 0 Å². The van der Waals surface area contributed by atoms with Crippen molar-refractivity contribution in [3.05, 3.63) is 48.0 Å². The monoisotopic (exact) mass is 487 g/mol. The van der Waals surface area contributed by atoms with Crippen molar-refractivity contribution >= 4 is 33.2 Å². The Morgan fingerprint density at radius 2 is 1.88 bits per heavy atom. The molecule has 3 rings (SSSR count). The van der Waals surface area contributed by atoms with Gasteiger partial charge in [-0.2, -0.15) is 4.31 Å². The van der Waals surface area contributed by atoms with Crippen LogP contribution < -0.4 is 15.4 Å². The fourth-order valence-electron chi connectivity index (χ4n) is 4.00. The maximum atomic E-state index is 13.0. The molecule has 2 aromatic rings. The van der Waals surface area contributed by atoms with E-state index < -0.39 is 10.0 Å². The molecule has 2 amide bonds. The highest BCUT2D eigenvalue weighted by Gasteiger charge is 2.27. The molecule has 2 aromatic carbocycles. The van der Waals surface area contributed by atoms with E-state index in [1.807, 2.05) is 38.1 Å². The Balaban J connectivity index is 1.75. The van der Waals surface area contributed by atoms with Crippen molar-refractivity contribution in [1.82, 2.24) is 4.31 Å². The predicted molar refractivity (Wildman–Crippen MR) is 132 cm³/mol. The summed E-state index contributed by atoms with van der Waals surface area (Å²) in [6.07, 6.45) is 0.916. The predicted octanol–water partition coefficient (Wildman–Crippen LogP) is 4.03. The van der Waals surface area contributed by atoms with E-state index in [1.165, 1.54) is 16.4 Å². The zero-order chi connectivity index (χ0) is 24.9. The van der Waals surface area contributed by atoms with Gasteiger partial charge in [0.1, 0.15) is 5.75 Å². The average Bonchev–Trinajstić information content (AvgIpc) is 2.79. The van der Waals surface area contributed by atoms with Crippen molar-refractivity contribution in [2.75, 3.05) is 23.7 Å². The number of ether oxygens (including phenoxy) is 1. The molecule has 0 fully saturated rings. The molecule has 1 unspecified atom stereocenters. The van der Waals surface area contributed by atoms with Gasteiger partial charge in [-0.1, -0.05) is 32.0 Å². The van der Waals surface area contributed by atoms with Gasteiger partial charge >= 0.3 is 0 Å². The summed E-state index contributed by atoms with van der Waals surface area (Å²) in [6, 6.07) is 12.1.